The van der Waals surface area contributed by atoms with Crippen molar-refractivity contribution < 1.29 is 19.2 Å². The normalized spacial score (nSPS) is 18.6. The minimum atomic E-state index is -1.02. The smallest absolute Gasteiger partial charge is 0.264 e. The van der Waals surface area contributed by atoms with Crippen molar-refractivity contribution >= 4 is 35.1 Å². The van der Waals surface area contributed by atoms with Gasteiger partial charge in [-0.3, -0.25) is 34.4 Å². The minimum Gasteiger partial charge on any atom is -0.337 e. The zero-order valence-corrected chi connectivity index (χ0v) is 18.3. The monoisotopic (exact) mass is 459 g/mol. The highest BCUT2D eigenvalue weighted by molar-refractivity contribution is 6.25. The first kappa shape index (κ1) is 21.4. The Morgan fingerprint density at radius 1 is 1.12 bits per heavy atom. The third-order valence-electron chi connectivity index (χ3n) is 5.92. The number of pyridine rings is 1. The molecule has 0 bridgehead atoms. The van der Waals surface area contributed by atoms with E-state index in [0.29, 0.717) is 18.1 Å². The van der Waals surface area contributed by atoms with Gasteiger partial charge in [0, 0.05) is 24.2 Å². The van der Waals surface area contributed by atoms with Gasteiger partial charge in [-0.2, -0.15) is 0 Å². The maximum atomic E-state index is 13.2. The first-order chi connectivity index (χ1) is 16.4. The van der Waals surface area contributed by atoms with Crippen molar-refractivity contribution in [3.63, 3.8) is 0 Å². The number of fused-ring (bicyclic) bond motifs is 1. The molecule has 34 heavy (non-hydrogen) atoms. The highest BCUT2D eigenvalue weighted by atomic mass is 16.2. The third kappa shape index (κ3) is 3.81. The van der Waals surface area contributed by atoms with Crippen molar-refractivity contribution in [2.24, 2.45) is 0 Å². The van der Waals surface area contributed by atoms with E-state index in [1.807, 2.05) is 25.1 Å². The lowest BCUT2D eigenvalue weighted by atomic mass is 10.0. The van der Waals surface area contributed by atoms with Gasteiger partial charge < -0.3 is 5.32 Å². The van der Waals surface area contributed by atoms with Gasteiger partial charge in [0.15, 0.2) is 5.82 Å². The largest absolute Gasteiger partial charge is 0.337 e. The fraction of sp³-hybridized carbons (Fsp3) is 0.261. The lowest BCUT2D eigenvalue weighted by Gasteiger charge is -2.27. The summed E-state index contributed by atoms with van der Waals surface area (Å²) in [5.74, 6) is -1.70. The van der Waals surface area contributed by atoms with Gasteiger partial charge in [-0.05, 0) is 30.7 Å². The molecular weight excluding hydrogens is 438 g/mol. The molecular formula is C23H21N7O4. The summed E-state index contributed by atoms with van der Waals surface area (Å²) in [4.78, 5) is 55.2. The molecule has 3 aromatic rings. The van der Waals surface area contributed by atoms with Gasteiger partial charge in [0.2, 0.25) is 11.8 Å². The van der Waals surface area contributed by atoms with Crippen molar-refractivity contribution in [2.45, 2.75) is 38.3 Å². The van der Waals surface area contributed by atoms with E-state index < -0.39 is 29.7 Å². The van der Waals surface area contributed by atoms with Gasteiger partial charge in [0.05, 0.1) is 29.6 Å². The second kappa shape index (κ2) is 8.50. The van der Waals surface area contributed by atoms with E-state index in [0.717, 1.165) is 10.6 Å². The lowest BCUT2D eigenvalue weighted by Crippen LogP contribution is -2.54. The van der Waals surface area contributed by atoms with Crippen LogP contribution in [0.4, 0.5) is 11.5 Å². The molecule has 0 aliphatic carbocycles. The van der Waals surface area contributed by atoms with Crippen LogP contribution in [0, 0.1) is 0 Å². The number of anilines is 2. The fourth-order valence-corrected chi connectivity index (χ4v) is 4.24. The summed E-state index contributed by atoms with van der Waals surface area (Å²) in [6.45, 7) is 2.59. The summed E-state index contributed by atoms with van der Waals surface area (Å²) in [7, 11) is 0. The molecule has 11 nitrogen and oxygen atoms in total. The SMILES string of the molecule is CC(Cn1cc(Nc2cccc3c2C(=O)N(C2CCC(=O)NC2=O)C3=O)nn1)c1ccccn1. The fourth-order valence-electron chi connectivity index (χ4n) is 4.24. The first-order valence-corrected chi connectivity index (χ1v) is 10.8. The number of benzene rings is 1. The number of rotatable bonds is 6. The van der Waals surface area contributed by atoms with Crippen LogP contribution in [-0.4, -0.2) is 54.5 Å². The van der Waals surface area contributed by atoms with E-state index in [-0.39, 0.29) is 29.9 Å². The summed E-state index contributed by atoms with van der Waals surface area (Å²) in [6.07, 6.45) is 3.61. The van der Waals surface area contributed by atoms with Gasteiger partial charge in [-0.25, -0.2) is 4.68 Å². The second-order valence-electron chi connectivity index (χ2n) is 8.28. The molecule has 0 saturated carbocycles. The summed E-state index contributed by atoms with van der Waals surface area (Å²) in [6, 6.07) is 9.57. The first-order valence-electron chi connectivity index (χ1n) is 10.8. The molecule has 1 fully saturated rings. The van der Waals surface area contributed by atoms with Crippen LogP contribution in [-0.2, 0) is 16.1 Å². The Labute approximate surface area is 194 Å². The summed E-state index contributed by atoms with van der Waals surface area (Å²) in [5, 5.41) is 13.5. The topological polar surface area (TPSA) is 139 Å². The molecule has 172 valence electrons. The van der Waals surface area contributed by atoms with Gasteiger partial charge in [0.1, 0.15) is 6.04 Å². The predicted molar refractivity (Wildman–Crippen MR) is 119 cm³/mol. The van der Waals surface area contributed by atoms with Crippen molar-refractivity contribution in [2.75, 3.05) is 5.32 Å². The van der Waals surface area contributed by atoms with E-state index in [2.05, 4.69) is 25.9 Å². The van der Waals surface area contributed by atoms with E-state index in [4.69, 9.17) is 0 Å². The van der Waals surface area contributed by atoms with Crippen molar-refractivity contribution in [1.29, 1.82) is 0 Å². The van der Waals surface area contributed by atoms with Crippen LogP contribution in [0.3, 0.4) is 0 Å². The molecule has 0 radical (unpaired) electrons. The average Bonchev–Trinajstić information content (AvgIpc) is 3.37. The highest BCUT2D eigenvalue weighted by Gasteiger charge is 2.45. The van der Waals surface area contributed by atoms with Gasteiger partial charge in [0.25, 0.3) is 11.8 Å². The number of carbonyl (C=O) groups excluding carboxylic acids is 4. The molecule has 2 aliphatic heterocycles. The Balaban J connectivity index is 1.35. The number of imide groups is 2. The van der Waals surface area contributed by atoms with Crippen LogP contribution in [0.5, 0.6) is 0 Å². The zero-order chi connectivity index (χ0) is 23.8. The number of nitrogens with zero attached hydrogens (tertiary/aromatic N) is 5. The summed E-state index contributed by atoms with van der Waals surface area (Å²) >= 11 is 0. The van der Waals surface area contributed by atoms with E-state index in [1.165, 1.54) is 6.07 Å². The molecule has 11 heteroatoms. The number of carbonyl (C=O) groups is 4. The maximum Gasteiger partial charge on any atom is 0.264 e. The van der Waals surface area contributed by atoms with Crippen molar-refractivity contribution in [1.82, 2.24) is 30.2 Å². The van der Waals surface area contributed by atoms with Crippen LogP contribution in [0.1, 0.15) is 52.1 Å². The van der Waals surface area contributed by atoms with Crippen LogP contribution in [0.2, 0.25) is 0 Å². The number of amides is 4. The van der Waals surface area contributed by atoms with E-state index in [9.17, 15) is 19.2 Å². The van der Waals surface area contributed by atoms with Crippen molar-refractivity contribution in [3.8, 4) is 0 Å². The Morgan fingerprint density at radius 3 is 2.74 bits per heavy atom. The average molecular weight is 459 g/mol. The number of nitrogens with one attached hydrogen (secondary N) is 2. The summed E-state index contributed by atoms with van der Waals surface area (Å²) < 4.78 is 1.67. The summed E-state index contributed by atoms with van der Waals surface area (Å²) in [5.41, 5.74) is 1.67. The van der Waals surface area contributed by atoms with Crippen LogP contribution in [0.25, 0.3) is 0 Å². The van der Waals surface area contributed by atoms with Crippen LogP contribution in [0.15, 0.2) is 48.8 Å². The molecule has 4 heterocycles. The molecule has 2 aliphatic rings. The van der Waals surface area contributed by atoms with Crippen LogP contribution >= 0.6 is 0 Å². The zero-order valence-electron chi connectivity index (χ0n) is 18.3. The molecule has 2 aromatic heterocycles. The highest BCUT2D eigenvalue weighted by Crippen LogP contribution is 2.33. The van der Waals surface area contributed by atoms with Gasteiger partial charge >= 0.3 is 0 Å². The Kier molecular flexibility index (Phi) is 5.36. The number of hydrogen-bond donors (Lipinski definition) is 2. The third-order valence-corrected chi connectivity index (χ3v) is 5.92. The van der Waals surface area contributed by atoms with Crippen LogP contribution < -0.4 is 10.6 Å². The number of hydrogen-bond acceptors (Lipinski definition) is 8. The van der Waals surface area contributed by atoms with E-state index >= 15 is 0 Å². The predicted octanol–water partition coefficient (Wildman–Crippen LogP) is 1.62. The maximum absolute atomic E-state index is 13.2. The number of piperidine rings is 1. The molecule has 5 rings (SSSR count). The molecule has 2 atom stereocenters. The van der Waals surface area contributed by atoms with E-state index in [1.54, 1.807) is 29.2 Å². The molecule has 1 saturated heterocycles. The van der Waals surface area contributed by atoms with Gasteiger partial charge in [-0.15, -0.1) is 5.10 Å². The Hall–Kier alpha value is -4.41. The minimum absolute atomic E-state index is 0.0644. The lowest BCUT2D eigenvalue weighted by molar-refractivity contribution is -0.136. The quantitative estimate of drug-likeness (QED) is 0.530. The van der Waals surface area contributed by atoms with Crippen molar-refractivity contribution in [3.05, 3.63) is 65.6 Å². The van der Waals surface area contributed by atoms with Gasteiger partial charge in [-0.1, -0.05) is 24.3 Å². The molecule has 0 spiro atoms. The standard InChI is InChI=1S/C23H21N7O4/c1-13(15-6-2-3-10-24-15)11-29-12-18(27-28-29)25-16-7-4-5-14-20(16)23(34)30(22(14)33)17-8-9-19(31)26-21(17)32/h2-7,10,12-13,17,25H,8-9,11H2,1H3,(H,26,31,32). The molecule has 2 N–H and O–H groups in total. The molecule has 1 aromatic carbocycles. The Morgan fingerprint density at radius 2 is 1.97 bits per heavy atom. The molecule has 4 amide bonds. The number of aromatic nitrogens is 4. The molecule has 2 unspecified atom stereocenters. The second-order valence-corrected chi connectivity index (χ2v) is 8.28. The Bertz CT molecular complexity index is 1300.